The van der Waals surface area contributed by atoms with Crippen LogP contribution in [0.5, 0.6) is 0 Å². The van der Waals surface area contributed by atoms with E-state index >= 15 is 0 Å². The summed E-state index contributed by atoms with van der Waals surface area (Å²) in [6.07, 6.45) is 3.25. The van der Waals surface area contributed by atoms with Gasteiger partial charge in [-0.15, -0.1) is 0 Å². The molecule has 0 aromatic carbocycles. The van der Waals surface area contributed by atoms with E-state index in [1.54, 1.807) is 11.6 Å². The van der Waals surface area contributed by atoms with Crippen LogP contribution in [0, 0.1) is 5.92 Å². The maximum Gasteiger partial charge on any atom is 0.359 e. The fourth-order valence-corrected chi connectivity index (χ4v) is 3.71. The molecule has 2 unspecified atom stereocenters. The van der Waals surface area contributed by atoms with E-state index in [-0.39, 0.29) is 18.5 Å². The first-order chi connectivity index (χ1) is 11.0. The molecule has 0 saturated heterocycles. The summed E-state index contributed by atoms with van der Waals surface area (Å²) in [6, 6.07) is 0. The third kappa shape index (κ3) is 2.99. The van der Waals surface area contributed by atoms with Crippen LogP contribution < -0.4 is 0 Å². The van der Waals surface area contributed by atoms with Crippen LogP contribution in [0.25, 0.3) is 0 Å². The van der Waals surface area contributed by atoms with Gasteiger partial charge in [0.1, 0.15) is 6.54 Å². The van der Waals surface area contributed by atoms with Crippen LogP contribution in [0.1, 0.15) is 73.6 Å². The van der Waals surface area contributed by atoms with E-state index in [2.05, 4.69) is 5.10 Å². The van der Waals surface area contributed by atoms with Crippen molar-refractivity contribution in [3.05, 3.63) is 17.0 Å². The molecule has 0 N–H and O–H groups in total. The molecule has 1 fully saturated rings. The summed E-state index contributed by atoms with van der Waals surface area (Å²) in [6.45, 7) is 6.57. The van der Waals surface area contributed by atoms with Gasteiger partial charge in [0.25, 0.3) is 0 Å². The van der Waals surface area contributed by atoms with E-state index in [0.29, 0.717) is 36.7 Å². The van der Waals surface area contributed by atoms with Crippen LogP contribution in [0.15, 0.2) is 0 Å². The Kier molecular flexibility index (Phi) is 4.41. The summed E-state index contributed by atoms with van der Waals surface area (Å²) in [4.78, 5) is 24.2. The molecular formula is C17H24N2O4. The third-order valence-corrected chi connectivity index (χ3v) is 4.58. The van der Waals surface area contributed by atoms with E-state index in [1.807, 2.05) is 13.8 Å². The molecule has 0 amide bonds. The molecule has 6 nitrogen and oxygen atoms in total. The van der Waals surface area contributed by atoms with Gasteiger partial charge in [0, 0.05) is 17.2 Å². The average Bonchev–Trinajstić information content (AvgIpc) is 3.18. The highest BCUT2D eigenvalue weighted by Gasteiger charge is 2.44. The Hall–Kier alpha value is -1.85. The Bertz CT molecular complexity index is 620. The number of hydrogen-bond acceptors (Lipinski definition) is 5. The molecule has 3 rings (SSSR count). The standard InChI is InChI=1S/C17H24N2O4/c1-4-22-17(21)15-14-11-5-6-12(7-11)16(14)19(18-15)8-13(20)23-9-10(2)3/h10-12H,4-9H2,1-3H3. The summed E-state index contributed by atoms with van der Waals surface area (Å²) in [7, 11) is 0. The van der Waals surface area contributed by atoms with E-state index < -0.39 is 0 Å². The van der Waals surface area contributed by atoms with Crippen molar-refractivity contribution in [1.82, 2.24) is 9.78 Å². The maximum atomic E-state index is 12.2. The van der Waals surface area contributed by atoms with Crippen LogP contribution >= 0.6 is 0 Å². The van der Waals surface area contributed by atoms with Gasteiger partial charge in [-0.2, -0.15) is 5.10 Å². The van der Waals surface area contributed by atoms with Gasteiger partial charge < -0.3 is 9.47 Å². The lowest BCUT2D eigenvalue weighted by atomic mass is 9.95. The minimum absolute atomic E-state index is 0.0671. The molecule has 126 valence electrons. The second kappa shape index (κ2) is 6.34. The van der Waals surface area contributed by atoms with Gasteiger partial charge >= 0.3 is 11.9 Å². The second-order valence-electron chi connectivity index (χ2n) is 6.81. The monoisotopic (exact) mass is 320 g/mol. The number of ether oxygens (including phenoxy) is 2. The molecule has 23 heavy (non-hydrogen) atoms. The van der Waals surface area contributed by atoms with E-state index in [9.17, 15) is 9.59 Å². The maximum absolute atomic E-state index is 12.2. The van der Waals surface area contributed by atoms with Crippen LogP contribution in [-0.4, -0.2) is 34.9 Å². The number of nitrogens with zero attached hydrogens (tertiary/aromatic N) is 2. The summed E-state index contributed by atoms with van der Waals surface area (Å²) in [5.41, 5.74) is 2.45. The number of rotatable bonds is 6. The molecule has 6 heteroatoms. The second-order valence-corrected chi connectivity index (χ2v) is 6.81. The summed E-state index contributed by atoms with van der Waals surface area (Å²) >= 11 is 0. The van der Waals surface area contributed by atoms with Gasteiger partial charge in [0.2, 0.25) is 0 Å². The number of carbonyl (C=O) groups is 2. The molecule has 1 aromatic heterocycles. The van der Waals surface area contributed by atoms with Crippen molar-refractivity contribution in [2.45, 2.75) is 58.4 Å². The average molecular weight is 320 g/mol. The molecular weight excluding hydrogens is 296 g/mol. The van der Waals surface area contributed by atoms with Crippen molar-refractivity contribution < 1.29 is 19.1 Å². The normalized spacial score (nSPS) is 21.6. The van der Waals surface area contributed by atoms with Crippen LogP contribution in [0.3, 0.4) is 0 Å². The van der Waals surface area contributed by atoms with Crippen molar-refractivity contribution in [3.8, 4) is 0 Å². The zero-order chi connectivity index (χ0) is 16.6. The van der Waals surface area contributed by atoms with Crippen molar-refractivity contribution in [2.24, 2.45) is 5.92 Å². The largest absolute Gasteiger partial charge is 0.464 e. The Morgan fingerprint density at radius 1 is 1.26 bits per heavy atom. The summed E-state index contributed by atoms with van der Waals surface area (Å²) in [5.74, 6) is 0.402. The predicted molar refractivity (Wildman–Crippen MR) is 83.3 cm³/mol. The Balaban J connectivity index is 1.84. The molecule has 0 radical (unpaired) electrons. The lowest BCUT2D eigenvalue weighted by Crippen LogP contribution is -2.19. The molecule has 0 spiro atoms. The van der Waals surface area contributed by atoms with Gasteiger partial charge in [-0.1, -0.05) is 13.8 Å². The Labute approximate surface area is 136 Å². The van der Waals surface area contributed by atoms with Crippen molar-refractivity contribution in [2.75, 3.05) is 13.2 Å². The lowest BCUT2D eigenvalue weighted by molar-refractivity contribution is -0.145. The topological polar surface area (TPSA) is 70.4 Å². The molecule has 0 aliphatic heterocycles. The van der Waals surface area contributed by atoms with Crippen LogP contribution in [-0.2, 0) is 20.8 Å². The van der Waals surface area contributed by atoms with Crippen molar-refractivity contribution in [3.63, 3.8) is 0 Å². The zero-order valence-electron chi connectivity index (χ0n) is 14.0. The van der Waals surface area contributed by atoms with E-state index in [0.717, 1.165) is 30.5 Å². The third-order valence-electron chi connectivity index (χ3n) is 4.58. The van der Waals surface area contributed by atoms with Crippen molar-refractivity contribution in [1.29, 1.82) is 0 Å². The molecule has 2 atom stereocenters. The number of aromatic nitrogens is 2. The van der Waals surface area contributed by atoms with Gasteiger partial charge in [0.15, 0.2) is 5.69 Å². The summed E-state index contributed by atoms with van der Waals surface area (Å²) < 4.78 is 12.1. The first kappa shape index (κ1) is 16.0. The van der Waals surface area contributed by atoms with Crippen molar-refractivity contribution >= 4 is 11.9 Å². The fraction of sp³-hybridized carbons (Fsp3) is 0.706. The first-order valence-corrected chi connectivity index (χ1v) is 8.44. The lowest BCUT2D eigenvalue weighted by Gasteiger charge is -2.14. The minimum atomic E-state index is -0.384. The summed E-state index contributed by atoms with van der Waals surface area (Å²) in [5, 5.41) is 4.40. The molecule has 2 aliphatic carbocycles. The smallest absolute Gasteiger partial charge is 0.359 e. The number of hydrogen-bond donors (Lipinski definition) is 0. The van der Waals surface area contributed by atoms with Gasteiger partial charge in [-0.3, -0.25) is 9.48 Å². The molecule has 1 aromatic rings. The van der Waals surface area contributed by atoms with E-state index in [1.165, 1.54) is 0 Å². The quantitative estimate of drug-likeness (QED) is 0.754. The molecule has 2 aliphatic rings. The highest BCUT2D eigenvalue weighted by atomic mass is 16.5. The Morgan fingerprint density at radius 3 is 2.70 bits per heavy atom. The predicted octanol–water partition coefficient (Wildman–Crippen LogP) is 2.62. The Morgan fingerprint density at radius 2 is 2.00 bits per heavy atom. The van der Waals surface area contributed by atoms with Gasteiger partial charge in [0.05, 0.1) is 13.2 Å². The SMILES string of the molecule is CCOC(=O)c1nn(CC(=O)OCC(C)C)c2c1C1CCC2C1. The van der Waals surface area contributed by atoms with Gasteiger partial charge in [-0.05, 0) is 38.0 Å². The molecule has 1 saturated carbocycles. The fourth-order valence-electron chi connectivity index (χ4n) is 3.71. The van der Waals surface area contributed by atoms with Crippen LogP contribution in [0.4, 0.5) is 0 Å². The van der Waals surface area contributed by atoms with Crippen LogP contribution in [0.2, 0.25) is 0 Å². The highest BCUT2D eigenvalue weighted by molar-refractivity contribution is 5.90. The first-order valence-electron chi connectivity index (χ1n) is 8.44. The zero-order valence-corrected chi connectivity index (χ0v) is 14.0. The highest BCUT2D eigenvalue weighted by Crippen LogP contribution is 2.54. The number of fused-ring (bicyclic) bond motifs is 5. The molecule has 2 bridgehead atoms. The molecule has 1 heterocycles. The van der Waals surface area contributed by atoms with E-state index in [4.69, 9.17) is 9.47 Å². The van der Waals surface area contributed by atoms with Gasteiger partial charge in [-0.25, -0.2) is 4.79 Å². The minimum Gasteiger partial charge on any atom is -0.464 e. The number of esters is 2. The number of carbonyl (C=O) groups excluding carboxylic acids is 2.